The number of hydrogen-bond acceptors (Lipinski definition) is 1. The third-order valence-electron chi connectivity index (χ3n) is 1.80. The van der Waals surface area contributed by atoms with Gasteiger partial charge in [-0.15, -0.1) is 0 Å². The topological polar surface area (TPSA) is 12.0 Å². The summed E-state index contributed by atoms with van der Waals surface area (Å²) in [5, 5.41) is 3.34. The van der Waals surface area contributed by atoms with Crippen molar-refractivity contribution in [3.63, 3.8) is 0 Å². The molecule has 0 aliphatic carbocycles. The maximum Gasteiger partial charge on any atom is 0.0192 e. The number of hydrogen-bond donors (Lipinski definition) is 1. The molecule has 0 aromatic rings. The first-order valence-electron chi connectivity index (χ1n) is 4.39. The highest BCUT2D eigenvalue weighted by atomic mass is 14.9. The second-order valence-corrected chi connectivity index (χ2v) is 2.70. The molecule has 0 bridgehead atoms. The van der Waals surface area contributed by atoms with Gasteiger partial charge in [0.05, 0.1) is 0 Å². The molecule has 1 atom stereocenters. The monoisotopic (exact) mass is 142 g/mol. The largest absolute Gasteiger partial charge is 0.310 e. The first kappa shape index (κ1) is 9.96. The number of nitrogens with one attached hydrogen (secondary N) is 1. The highest BCUT2D eigenvalue weighted by Crippen LogP contribution is 2.03. The first-order valence-corrected chi connectivity index (χ1v) is 4.39. The van der Waals surface area contributed by atoms with Crippen molar-refractivity contribution in [1.29, 1.82) is 0 Å². The molecule has 0 aromatic carbocycles. The average molecular weight is 142 g/mol. The quantitative estimate of drug-likeness (QED) is 0.601. The molecular weight excluding hydrogens is 122 g/mol. The maximum absolute atomic E-state index is 3.34. The van der Waals surface area contributed by atoms with Crippen LogP contribution in [-0.2, 0) is 0 Å². The Hall–Kier alpha value is -0.0400. The van der Waals surface area contributed by atoms with Crippen LogP contribution in [0.5, 0.6) is 0 Å². The molecule has 0 heterocycles. The van der Waals surface area contributed by atoms with Gasteiger partial charge in [0.15, 0.2) is 0 Å². The lowest BCUT2D eigenvalue weighted by atomic mass is 10.1. The van der Waals surface area contributed by atoms with E-state index >= 15 is 0 Å². The van der Waals surface area contributed by atoms with Crippen LogP contribution in [0.3, 0.4) is 0 Å². The van der Waals surface area contributed by atoms with Gasteiger partial charge in [-0.2, -0.15) is 0 Å². The molecule has 0 saturated carbocycles. The predicted molar refractivity (Wildman–Crippen MR) is 46.7 cm³/mol. The Morgan fingerprint density at radius 2 is 2.10 bits per heavy atom. The summed E-state index contributed by atoms with van der Waals surface area (Å²) in [6.45, 7) is 8.57. The molecule has 1 heteroatoms. The molecule has 0 aromatic heterocycles. The Kier molecular flexibility index (Phi) is 7.04. The van der Waals surface area contributed by atoms with Gasteiger partial charge < -0.3 is 5.32 Å². The zero-order valence-electron chi connectivity index (χ0n) is 7.48. The van der Waals surface area contributed by atoms with Crippen LogP contribution in [0.1, 0.15) is 46.5 Å². The zero-order chi connectivity index (χ0) is 7.82. The second kappa shape index (κ2) is 7.07. The molecule has 0 aliphatic heterocycles. The number of rotatable bonds is 6. The minimum atomic E-state index is 0.713. The van der Waals surface area contributed by atoms with Crippen molar-refractivity contribution in [3.8, 4) is 0 Å². The molecule has 0 amide bonds. The predicted octanol–water partition coefficient (Wildman–Crippen LogP) is 2.73. The molecular formula is C9H20N. The Morgan fingerprint density at radius 3 is 2.50 bits per heavy atom. The molecule has 0 fully saturated rings. The summed E-state index contributed by atoms with van der Waals surface area (Å²) in [5.41, 5.74) is 0. The SMILES string of the molecule is C[CH]NC(CC)CCCC. The fourth-order valence-corrected chi connectivity index (χ4v) is 1.09. The highest BCUT2D eigenvalue weighted by Gasteiger charge is 2.01. The summed E-state index contributed by atoms with van der Waals surface area (Å²) < 4.78 is 0. The van der Waals surface area contributed by atoms with Gasteiger partial charge in [-0.25, -0.2) is 0 Å². The summed E-state index contributed by atoms with van der Waals surface area (Å²) in [5.74, 6) is 0. The van der Waals surface area contributed by atoms with Gasteiger partial charge in [0.25, 0.3) is 0 Å². The van der Waals surface area contributed by atoms with E-state index in [2.05, 4.69) is 26.1 Å². The summed E-state index contributed by atoms with van der Waals surface area (Å²) in [7, 11) is 0. The summed E-state index contributed by atoms with van der Waals surface area (Å²) in [6.07, 6.45) is 5.21. The standard InChI is InChI=1S/C9H20N/c1-4-7-8-9(5-2)10-6-3/h6,9-10H,4-5,7-8H2,1-3H3. The minimum Gasteiger partial charge on any atom is -0.310 e. The van der Waals surface area contributed by atoms with Crippen molar-refractivity contribution >= 4 is 0 Å². The third kappa shape index (κ3) is 4.80. The van der Waals surface area contributed by atoms with Crippen LogP contribution in [0.15, 0.2) is 0 Å². The van der Waals surface area contributed by atoms with E-state index in [-0.39, 0.29) is 0 Å². The second-order valence-electron chi connectivity index (χ2n) is 2.70. The van der Waals surface area contributed by atoms with E-state index in [0.717, 1.165) is 0 Å². The van der Waals surface area contributed by atoms with Crippen molar-refractivity contribution < 1.29 is 0 Å². The summed E-state index contributed by atoms with van der Waals surface area (Å²) in [4.78, 5) is 0. The molecule has 0 spiro atoms. The first-order chi connectivity index (χ1) is 4.85. The molecule has 0 saturated heterocycles. The van der Waals surface area contributed by atoms with Crippen molar-refractivity contribution in [2.45, 2.75) is 52.5 Å². The molecule has 0 rings (SSSR count). The molecule has 10 heavy (non-hydrogen) atoms. The van der Waals surface area contributed by atoms with Crippen LogP contribution in [0.4, 0.5) is 0 Å². The molecule has 1 radical (unpaired) electrons. The van der Waals surface area contributed by atoms with E-state index in [9.17, 15) is 0 Å². The molecule has 1 unspecified atom stereocenters. The van der Waals surface area contributed by atoms with Crippen molar-refractivity contribution in [2.24, 2.45) is 0 Å². The minimum absolute atomic E-state index is 0.713. The van der Waals surface area contributed by atoms with Crippen molar-refractivity contribution in [3.05, 3.63) is 6.54 Å². The van der Waals surface area contributed by atoms with E-state index in [4.69, 9.17) is 0 Å². The van der Waals surface area contributed by atoms with E-state index in [0.29, 0.717) is 6.04 Å². The smallest absolute Gasteiger partial charge is 0.0192 e. The highest BCUT2D eigenvalue weighted by molar-refractivity contribution is 4.67. The Balaban J connectivity index is 3.21. The fraction of sp³-hybridized carbons (Fsp3) is 0.889. The van der Waals surface area contributed by atoms with E-state index < -0.39 is 0 Å². The van der Waals surface area contributed by atoms with Gasteiger partial charge in [-0.3, -0.25) is 0 Å². The van der Waals surface area contributed by atoms with Gasteiger partial charge in [0.2, 0.25) is 0 Å². The molecule has 1 nitrogen and oxygen atoms in total. The van der Waals surface area contributed by atoms with Crippen molar-refractivity contribution in [2.75, 3.05) is 0 Å². The Labute approximate surface area is 65.2 Å². The van der Waals surface area contributed by atoms with Crippen LogP contribution < -0.4 is 5.32 Å². The van der Waals surface area contributed by atoms with Crippen LogP contribution in [0.2, 0.25) is 0 Å². The molecule has 61 valence electrons. The summed E-state index contributed by atoms with van der Waals surface area (Å²) >= 11 is 0. The number of unbranched alkanes of at least 4 members (excludes halogenated alkanes) is 1. The van der Waals surface area contributed by atoms with Gasteiger partial charge in [0, 0.05) is 12.6 Å². The normalized spacial score (nSPS) is 13.5. The lowest BCUT2D eigenvalue weighted by molar-refractivity contribution is 0.488. The van der Waals surface area contributed by atoms with Crippen LogP contribution in [-0.4, -0.2) is 6.04 Å². The van der Waals surface area contributed by atoms with E-state index in [1.165, 1.54) is 25.7 Å². The Bertz CT molecular complexity index is 61.7. The van der Waals surface area contributed by atoms with Crippen LogP contribution in [0.25, 0.3) is 0 Å². The van der Waals surface area contributed by atoms with Gasteiger partial charge in [-0.05, 0) is 19.8 Å². The average Bonchev–Trinajstić information content (AvgIpc) is 1.98. The van der Waals surface area contributed by atoms with Gasteiger partial charge in [0.1, 0.15) is 0 Å². The lowest BCUT2D eigenvalue weighted by Crippen LogP contribution is -2.24. The maximum atomic E-state index is 3.34. The Morgan fingerprint density at radius 1 is 1.40 bits per heavy atom. The van der Waals surface area contributed by atoms with E-state index in [1.54, 1.807) is 0 Å². The third-order valence-corrected chi connectivity index (χ3v) is 1.80. The lowest BCUT2D eigenvalue weighted by Gasteiger charge is -2.13. The summed E-state index contributed by atoms with van der Waals surface area (Å²) in [6, 6.07) is 0.713. The molecule has 1 N–H and O–H groups in total. The fourth-order valence-electron chi connectivity index (χ4n) is 1.09. The van der Waals surface area contributed by atoms with Crippen LogP contribution >= 0.6 is 0 Å². The van der Waals surface area contributed by atoms with Gasteiger partial charge in [-0.1, -0.05) is 26.7 Å². The molecule has 0 aliphatic rings. The zero-order valence-corrected chi connectivity index (χ0v) is 7.48. The van der Waals surface area contributed by atoms with E-state index in [1.807, 2.05) is 6.54 Å². The van der Waals surface area contributed by atoms with Crippen LogP contribution in [0, 0.1) is 6.54 Å². The van der Waals surface area contributed by atoms with Gasteiger partial charge >= 0.3 is 0 Å². The van der Waals surface area contributed by atoms with Crippen molar-refractivity contribution in [1.82, 2.24) is 5.32 Å².